The van der Waals surface area contributed by atoms with E-state index in [9.17, 15) is 9.90 Å². The number of hydrogen-bond donors (Lipinski definition) is 2. The molecule has 0 unspecified atom stereocenters. The number of nitrogens with zero attached hydrogens (tertiary/aromatic N) is 1. The number of rotatable bonds is 7. The standard InChI is InChI=1S/C21H32N2O4/c1-15-12-17(13-21(25)27-15)23(2)11-10-22-20(24)14-26-19-9-5-7-16-6-3-4-8-18(16)19/h3-4,6,8,15,17,19,21,25H,5,7,9-14H2,1-2H3,(H,22,24)/t15-,17+,19+,21-/m1/s1. The molecule has 1 aromatic carbocycles. The van der Waals surface area contributed by atoms with Crippen molar-refractivity contribution in [3.8, 4) is 0 Å². The normalized spacial score (nSPS) is 28.0. The van der Waals surface area contributed by atoms with Crippen LogP contribution < -0.4 is 5.32 Å². The average molecular weight is 376 g/mol. The van der Waals surface area contributed by atoms with Crippen LogP contribution in [0.25, 0.3) is 0 Å². The first-order valence-electron chi connectivity index (χ1n) is 10.0. The Bertz CT molecular complexity index is 614. The number of nitrogens with one attached hydrogen (secondary N) is 1. The minimum absolute atomic E-state index is 0.0218. The van der Waals surface area contributed by atoms with Crippen LogP contribution in [0.5, 0.6) is 0 Å². The van der Waals surface area contributed by atoms with Crippen LogP contribution in [0.3, 0.4) is 0 Å². The summed E-state index contributed by atoms with van der Waals surface area (Å²) in [7, 11) is 2.02. The van der Waals surface area contributed by atoms with Crippen LogP contribution in [0.15, 0.2) is 24.3 Å². The molecule has 6 nitrogen and oxygen atoms in total. The van der Waals surface area contributed by atoms with Gasteiger partial charge in [-0.05, 0) is 50.8 Å². The van der Waals surface area contributed by atoms with E-state index in [4.69, 9.17) is 9.47 Å². The minimum atomic E-state index is -0.692. The van der Waals surface area contributed by atoms with E-state index in [2.05, 4.69) is 28.4 Å². The number of carbonyl (C=O) groups is 1. The smallest absolute Gasteiger partial charge is 0.246 e. The van der Waals surface area contributed by atoms with E-state index in [0.717, 1.165) is 32.2 Å². The second kappa shape index (κ2) is 9.64. The average Bonchev–Trinajstić information content (AvgIpc) is 2.65. The maximum atomic E-state index is 12.1. The molecule has 1 amide bonds. The molecule has 4 atom stereocenters. The van der Waals surface area contributed by atoms with Crippen molar-refractivity contribution in [2.45, 2.75) is 63.6 Å². The van der Waals surface area contributed by atoms with Gasteiger partial charge in [-0.3, -0.25) is 4.79 Å². The van der Waals surface area contributed by atoms with E-state index in [1.54, 1.807) is 0 Å². The first-order valence-corrected chi connectivity index (χ1v) is 10.0. The van der Waals surface area contributed by atoms with Crippen LogP contribution >= 0.6 is 0 Å². The summed E-state index contributed by atoms with van der Waals surface area (Å²) in [6.07, 6.45) is 4.05. The third kappa shape index (κ3) is 5.75. The summed E-state index contributed by atoms with van der Waals surface area (Å²) in [5, 5.41) is 12.7. The lowest BCUT2D eigenvalue weighted by Gasteiger charge is -2.36. The van der Waals surface area contributed by atoms with Crippen LogP contribution in [-0.2, 0) is 20.7 Å². The van der Waals surface area contributed by atoms with Crippen molar-refractivity contribution in [3.63, 3.8) is 0 Å². The van der Waals surface area contributed by atoms with Crippen molar-refractivity contribution in [1.82, 2.24) is 10.2 Å². The Hall–Kier alpha value is -1.47. The van der Waals surface area contributed by atoms with Crippen LogP contribution in [0.1, 0.15) is 49.8 Å². The van der Waals surface area contributed by atoms with Gasteiger partial charge in [-0.25, -0.2) is 0 Å². The van der Waals surface area contributed by atoms with Gasteiger partial charge in [-0.2, -0.15) is 0 Å². The fourth-order valence-electron chi connectivity index (χ4n) is 4.12. The number of aliphatic hydroxyl groups is 1. The summed E-state index contributed by atoms with van der Waals surface area (Å²) in [6.45, 7) is 3.38. The van der Waals surface area contributed by atoms with Gasteiger partial charge in [-0.1, -0.05) is 24.3 Å². The Balaban J connectivity index is 1.37. The molecule has 2 aliphatic rings. The van der Waals surface area contributed by atoms with Gasteiger partial charge in [0.05, 0.1) is 12.2 Å². The highest BCUT2D eigenvalue weighted by Crippen LogP contribution is 2.32. The third-order valence-corrected chi connectivity index (χ3v) is 5.61. The lowest BCUT2D eigenvalue weighted by molar-refractivity contribution is -0.173. The summed E-state index contributed by atoms with van der Waals surface area (Å²) in [4.78, 5) is 14.3. The zero-order valence-corrected chi connectivity index (χ0v) is 16.4. The Morgan fingerprint density at radius 1 is 1.37 bits per heavy atom. The van der Waals surface area contributed by atoms with Crippen LogP contribution in [0.4, 0.5) is 0 Å². The number of hydrogen-bond acceptors (Lipinski definition) is 5. The minimum Gasteiger partial charge on any atom is -0.368 e. The Labute approximate surface area is 161 Å². The van der Waals surface area contributed by atoms with E-state index in [1.807, 2.05) is 20.0 Å². The number of aryl methyl sites for hydroxylation is 1. The Morgan fingerprint density at radius 2 is 2.19 bits per heavy atom. The molecule has 27 heavy (non-hydrogen) atoms. The molecule has 1 heterocycles. The fraction of sp³-hybridized carbons (Fsp3) is 0.667. The van der Waals surface area contributed by atoms with Crippen molar-refractivity contribution in [2.75, 3.05) is 26.7 Å². The first kappa shape index (κ1) is 20.3. The van der Waals surface area contributed by atoms with Gasteiger partial charge in [0.25, 0.3) is 0 Å². The molecule has 0 bridgehead atoms. The van der Waals surface area contributed by atoms with Gasteiger partial charge in [0, 0.05) is 25.6 Å². The second-order valence-electron chi connectivity index (χ2n) is 7.75. The second-order valence-corrected chi connectivity index (χ2v) is 7.75. The molecule has 1 aliphatic heterocycles. The SMILES string of the molecule is C[C@@H]1C[C@H](N(C)CCNC(=O)CO[C@H]2CCCc3ccccc32)C[C@H](O)O1. The van der Waals surface area contributed by atoms with Crippen molar-refractivity contribution in [2.24, 2.45) is 0 Å². The lowest BCUT2D eigenvalue weighted by atomic mass is 9.89. The van der Waals surface area contributed by atoms with E-state index < -0.39 is 6.29 Å². The molecule has 2 N–H and O–H groups in total. The van der Waals surface area contributed by atoms with Crippen molar-refractivity contribution in [1.29, 1.82) is 0 Å². The predicted molar refractivity (Wildman–Crippen MR) is 103 cm³/mol. The molecule has 0 saturated carbocycles. The maximum Gasteiger partial charge on any atom is 0.246 e. The first-order chi connectivity index (χ1) is 13.0. The van der Waals surface area contributed by atoms with Crippen LogP contribution in [0, 0.1) is 0 Å². The Kier molecular flexibility index (Phi) is 7.24. The molecule has 1 saturated heterocycles. The summed E-state index contributed by atoms with van der Waals surface area (Å²) in [5.74, 6) is -0.0770. The molecule has 0 aromatic heterocycles. The van der Waals surface area contributed by atoms with E-state index in [-0.39, 0.29) is 30.8 Å². The lowest BCUT2D eigenvalue weighted by Crippen LogP contribution is -2.45. The zero-order chi connectivity index (χ0) is 19.2. The number of ether oxygens (including phenoxy) is 2. The largest absolute Gasteiger partial charge is 0.368 e. The van der Waals surface area contributed by atoms with Crippen molar-refractivity contribution in [3.05, 3.63) is 35.4 Å². The van der Waals surface area contributed by atoms with Gasteiger partial charge >= 0.3 is 0 Å². The van der Waals surface area contributed by atoms with Crippen LogP contribution in [0.2, 0.25) is 0 Å². The topological polar surface area (TPSA) is 71.0 Å². The summed E-state index contributed by atoms with van der Waals surface area (Å²) in [6, 6.07) is 8.62. The molecule has 1 fully saturated rings. The Morgan fingerprint density at radius 3 is 3.00 bits per heavy atom. The van der Waals surface area contributed by atoms with E-state index >= 15 is 0 Å². The summed E-state index contributed by atoms with van der Waals surface area (Å²) in [5.41, 5.74) is 2.56. The van der Waals surface area contributed by atoms with Crippen LogP contribution in [-0.4, -0.2) is 61.1 Å². The highest BCUT2D eigenvalue weighted by molar-refractivity contribution is 5.77. The maximum absolute atomic E-state index is 12.1. The number of benzene rings is 1. The third-order valence-electron chi connectivity index (χ3n) is 5.61. The predicted octanol–water partition coefficient (Wildman–Crippen LogP) is 2.01. The highest BCUT2D eigenvalue weighted by atomic mass is 16.6. The molecule has 6 heteroatoms. The van der Waals surface area contributed by atoms with Gasteiger partial charge < -0.3 is 24.8 Å². The molecule has 1 aliphatic carbocycles. The summed E-state index contributed by atoms with van der Waals surface area (Å²) < 4.78 is 11.3. The number of amides is 1. The van der Waals surface area contributed by atoms with Gasteiger partial charge in [0.15, 0.2) is 6.29 Å². The number of fused-ring (bicyclic) bond motifs is 1. The molecular formula is C21H32N2O4. The van der Waals surface area contributed by atoms with Gasteiger partial charge in [0.2, 0.25) is 5.91 Å². The molecule has 3 rings (SSSR count). The quantitative estimate of drug-likeness (QED) is 0.762. The number of aliphatic hydroxyl groups excluding tert-OH is 1. The molecule has 150 valence electrons. The highest BCUT2D eigenvalue weighted by Gasteiger charge is 2.28. The molecule has 0 radical (unpaired) electrons. The molecular weight excluding hydrogens is 344 g/mol. The van der Waals surface area contributed by atoms with Crippen molar-refractivity contribution >= 4 is 5.91 Å². The van der Waals surface area contributed by atoms with E-state index in [0.29, 0.717) is 13.0 Å². The number of carbonyl (C=O) groups excluding carboxylic acids is 1. The molecule has 1 aromatic rings. The monoisotopic (exact) mass is 376 g/mol. The van der Waals surface area contributed by atoms with E-state index in [1.165, 1.54) is 11.1 Å². The fourth-order valence-corrected chi connectivity index (χ4v) is 4.12. The van der Waals surface area contributed by atoms with Crippen molar-refractivity contribution < 1.29 is 19.4 Å². The molecule has 0 spiro atoms. The zero-order valence-electron chi connectivity index (χ0n) is 16.4. The van der Waals surface area contributed by atoms with Gasteiger partial charge in [-0.15, -0.1) is 0 Å². The van der Waals surface area contributed by atoms with Gasteiger partial charge in [0.1, 0.15) is 6.61 Å². The summed E-state index contributed by atoms with van der Waals surface area (Å²) >= 11 is 0. The number of likely N-dealkylation sites (N-methyl/N-ethyl adjacent to an activating group) is 1.